The molecule has 0 heterocycles. The minimum Gasteiger partial charge on any atom is -0.396 e. The van der Waals surface area contributed by atoms with Crippen molar-refractivity contribution in [3.63, 3.8) is 0 Å². The first-order valence-electron chi connectivity index (χ1n) is 6.15. The van der Waals surface area contributed by atoms with Gasteiger partial charge in [0.05, 0.1) is 9.82 Å². The molecule has 0 spiro atoms. The molecule has 0 saturated heterocycles. The van der Waals surface area contributed by atoms with Crippen LogP contribution >= 0.6 is 0 Å². The number of rotatable bonds is 7. The zero-order valence-corrected chi connectivity index (χ0v) is 12.2. The predicted molar refractivity (Wildman–Crippen MR) is 75.6 cm³/mol. The third-order valence-electron chi connectivity index (χ3n) is 2.92. The minimum atomic E-state index is -3.49. The second kappa shape index (κ2) is 6.67. The molecule has 0 radical (unpaired) electrons. The van der Waals surface area contributed by atoms with Gasteiger partial charge in [0.15, 0.2) is 9.84 Å². The number of benzene rings is 1. The number of nitrogens with zero attached hydrogens (tertiary/aromatic N) is 1. The molecular formula is C12H18N2O5S. The number of aliphatic hydroxyl groups is 1. The monoisotopic (exact) mass is 302 g/mol. The van der Waals surface area contributed by atoms with Crippen LogP contribution in [-0.4, -0.2) is 37.4 Å². The van der Waals surface area contributed by atoms with Crippen LogP contribution in [-0.2, 0) is 9.84 Å². The summed E-state index contributed by atoms with van der Waals surface area (Å²) in [7, 11) is -3.49. The lowest BCUT2D eigenvalue weighted by Gasteiger charge is -2.17. The van der Waals surface area contributed by atoms with E-state index >= 15 is 0 Å². The highest BCUT2D eigenvalue weighted by Gasteiger charge is 2.20. The van der Waals surface area contributed by atoms with Crippen molar-refractivity contribution in [3.8, 4) is 0 Å². The fourth-order valence-electron chi connectivity index (χ4n) is 1.77. The molecule has 1 unspecified atom stereocenters. The largest absolute Gasteiger partial charge is 0.396 e. The molecule has 0 aliphatic heterocycles. The van der Waals surface area contributed by atoms with Crippen LogP contribution < -0.4 is 5.32 Å². The van der Waals surface area contributed by atoms with Gasteiger partial charge in [-0.05, 0) is 25.0 Å². The summed E-state index contributed by atoms with van der Waals surface area (Å²) in [6, 6.07) is 3.65. The quantitative estimate of drug-likeness (QED) is 0.584. The number of nitro benzene ring substituents is 1. The molecule has 0 saturated carbocycles. The van der Waals surface area contributed by atoms with Crippen molar-refractivity contribution < 1.29 is 18.4 Å². The summed E-state index contributed by atoms with van der Waals surface area (Å²) < 4.78 is 22.8. The van der Waals surface area contributed by atoms with E-state index in [0.717, 1.165) is 12.3 Å². The second-order valence-electron chi connectivity index (χ2n) is 4.47. The zero-order valence-electron chi connectivity index (χ0n) is 11.4. The molecule has 1 atom stereocenters. The van der Waals surface area contributed by atoms with Crippen LogP contribution in [0.5, 0.6) is 0 Å². The molecule has 2 N–H and O–H groups in total. The van der Waals surface area contributed by atoms with Crippen molar-refractivity contribution in [3.05, 3.63) is 28.3 Å². The van der Waals surface area contributed by atoms with E-state index in [2.05, 4.69) is 5.32 Å². The Hall–Kier alpha value is -1.67. The average molecular weight is 302 g/mol. The standard InChI is InChI=1S/C12H18N2O5S/c1-3-9(6-7-15)13-11-5-4-10(20(2,18)19)8-12(11)14(16)17/h4-5,8-9,13,15H,3,6-7H2,1-2H3. The van der Waals surface area contributed by atoms with Gasteiger partial charge in [-0.1, -0.05) is 6.92 Å². The lowest BCUT2D eigenvalue weighted by molar-refractivity contribution is -0.384. The van der Waals surface area contributed by atoms with E-state index in [4.69, 9.17) is 5.11 Å². The molecular weight excluding hydrogens is 284 g/mol. The third-order valence-corrected chi connectivity index (χ3v) is 4.03. The van der Waals surface area contributed by atoms with Gasteiger partial charge in [-0.3, -0.25) is 10.1 Å². The molecule has 0 aliphatic rings. The highest BCUT2D eigenvalue weighted by molar-refractivity contribution is 7.90. The maximum atomic E-state index is 11.4. The van der Waals surface area contributed by atoms with E-state index in [1.807, 2.05) is 6.92 Å². The molecule has 1 rings (SSSR count). The number of hydrogen-bond acceptors (Lipinski definition) is 6. The summed E-state index contributed by atoms with van der Waals surface area (Å²) in [5.41, 5.74) is -0.0352. The lowest BCUT2D eigenvalue weighted by Crippen LogP contribution is -2.20. The Morgan fingerprint density at radius 1 is 1.45 bits per heavy atom. The number of hydrogen-bond donors (Lipinski definition) is 2. The van der Waals surface area contributed by atoms with Crippen molar-refractivity contribution in [2.45, 2.75) is 30.7 Å². The average Bonchev–Trinajstić information content (AvgIpc) is 2.36. The Morgan fingerprint density at radius 2 is 2.10 bits per heavy atom. The van der Waals surface area contributed by atoms with Gasteiger partial charge in [0.1, 0.15) is 5.69 Å². The summed E-state index contributed by atoms with van der Waals surface area (Å²) in [5.74, 6) is 0. The van der Waals surface area contributed by atoms with Crippen LogP contribution in [0.2, 0.25) is 0 Å². The van der Waals surface area contributed by atoms with Crippen LogP contribution in [0.4, 0.5) is 11.4 Å². The van der Waals surface area contributed by atoms with Crippen LogP contribution in [0.1, 0.15) is 19.8 Å². The molecule has 112 valence electrons. The van der Waals surface area contributed by atoms with Crippen molar-refractivity contribution in [2.75, 3.05) is 18.2 Å². The van der Waals surface area contributed by atoms with Crippen LogP contribution in [0.25, 0.3) is 0 Å². The summed E-state index contributed by atoms with van der Waals surface area (Å²) in [6.07, 6.45) is 2.15. The number of sulfone groups is 1. The molecule has 1 aromatic rings. The Kier molecular flexibility index (Phi) is 5.46. The van der Waals surface area contributed by atoms with Crippen molar-refractivity contribution in [1.82, 2.24) is 0 Å². The maximum absolute atomic E-state index is 11.4. The van der Waals surface area contributed by atoms with Gasteiger partial charge < -0.3 is 10.4 Å². The number of anilines is 1. The molecule has 7 nitrogen and oxygen atoms in total. The van der Waals surface area contributed by atoms with Gasteiger partial charge in [0, 0.05) is 25.0 Å². The summed E-state index contributed by atoms with van der Waals surface area (Å²) >= 11 is 0. The Labute approximate surface area is 117 Å². The fraction of sp³-hybridized carbons (Fsp3) is 0.500. The van der Waals surface area contributed by atoms with Crippen LogP contribution in [0.15, 0.2) is 23.1 Å². The van der Waals surface area contributed by atoms with Gasteiger partial charge in [0.25, 0.3) is 5.69 Å². The first kappa shape index (κ1) is 16.4. The Bertz CT molecular complexity index is 586. The van der Waals surface area contributed by atoms with Crippen molar-refractivity contribution in [2.24, 2.45) is 0 Å². The van der Waals surface area contributed by atoms with Crippen LogP contribution in [0.3, 0.4) is 0 Å². The molecule has 0 fully saturated rings. The van der Waals surface area contributed by atoms with Crippen molar-refractivity contribution in [1.29, 1.82) is 0 Å². The molecule has 20 heavy (non-hydrogen) atoms. The second-order valence-corrected chi connectivity index (χ2v) is 6.49. The van der Waals surface area contributed by atoms with Gasteiger partial charge in [0.2, 0.25) is 0 Å². The molecule has 1 aromatic carbocycles. The van der Waals surface area contributed by atoms with E-state index in [1.54, 1.807) is 0 Å². The molecule has 0 bridgehead atoms. The summed E-state index contributed by atoms with van der Waals surface area (Å²) in [6.45, 7) is 1.87. The SMILES string of the molecule is CCC(CCO)Nc1ccc(S(C)(=O)=O)cc1[N+](=O)[O-]. The smallest absolute Gasteiger partial charge is 0.293 e. The molecule has 0 aromatic heterocycles. The van der Waals surface area contributed by atoms with E-state index in [-0.39, 0.29) is 28.9 Å². The summed E-state index contributed by atoms with van der Waals surface area (Å²) in [4.78, 5) is 10.3. The van der Waals surface area contributed by atoms with Crippen LogP contribution in [0, 0.1) is 10.1 Å². The zero-order chi connectivity index (χ0) is 15.3. The van der Waals surface area contributed by atoms with Gasteiger partial charge >= 0.3 is 0 Å². The Balaban J connectivity index is 3.17. The normalized spacial score (nSPS) is 12.9. The number of aliphatic hydroxyl groups excluding tert-OH is 1. The Morgan fingerprint density at radius 3 is 2.55 bits per heavy atom. The van der Waals surface area contributed by atoms with Gasteiger partial charge in [-0.15, -0.1) is 0 Å². The summed E-state index contributed by atoms with van der Waals surface area (Å²) in [5, 5.41) is 22.9. The number of nitro groups is 1. The first-order chi connectivity index (χ1) is 9.29. The first-order valence-corrected chi connectivity index (χ1v) is 8.04. The lowest BCUT2D eigenvalue weighted by atomic mass is 10.1. The van der Waals surface area contributed by atoms with E-state index in [9.17, 15) is 18.5 Å². The van der Waals surface area contributed by atoms with E-state index in [1.165, 1.54) is 12.1 Å². The highest BCUT2D eigenvalue weighted by atomic mass is 32.2. The van der Waals surface area contributed by atoms with E-state index < -0.39 is 14.8 Å². The van der Waals surface area contributed by atoms with Gasteiger partial charge in [-0.2, -0.15) is 0 Å². The maximum Gasteiger partial charge on any atom is 0.293 e. The predicted octanol–water partition coefficient (Wildman–Crippen LogP) is 1.57. The minimum absolute atomic E-state index is 0.0271. The van der Waals surface area contributed by atoms with Gasteiger partial charge in [-0.25, -0.2) is 8.42 Å². The third kappa shape index (κ3) is 4.17. The molecule has 0 aliphatic carbocycles. The topological polar surface area (TPSA) is 110 Å². The fourth-order valence-corrected chi connectivity index (χ4v) is 2.41. The number of nitrogens with one attached hydrogen (secondary N) is 1. The molecule has 8 heteroatoms. The molecule has 0 amide bonds. The van der Waals surface area contributed by atoms with Crippen molar-refractivity contribution >= 4 is 21.2 Å². The van der Waals surface area contributed by atoms with E-state index in [0.29, 0.717) is 12.8 Å². The highest BCUT2D eigenvalue weighted by Crippen LogP contribution is 2.28.